The number of benzene rings is 2. The predicted molar refractivity (Wildman–Crippen MR) is 81.7 cm³/mol. The number of halogens is 1. The minimum Gasteiger partial charge on any atom is -0.423 e. The second-order valence-electron chi connectivity index (χ2n) is 5.07. The van der Waals surface area contributed by atoms with Gasteiger partial charge in [0, 0.05) is 0 Å². The molecule has 0 unspecified atom stereocenters. The van der Waals surface area contributed by atoms with E-state index in [4.69, 9.17) is 16.3 Å². The molecule has 0 aliphatic rings. The highest BCUT2D eigenvalue weighted by atomic mass is 35.5. The minimum absolute atomic E-state index is 0.282. The number of hydrogen-bond donors (Lipinski definition) is 0. The van der Waals surface area contributed by atoms with Crippen LogP contribution in [-0.4, -0.2) is 5.97 Å². The number of aryl methyl sites for hydroxylation is 1. The fraction of sp³-hybridized carbons (Fsp3) is 0.235. The van der Waals surface area contributed by atoms with Crippen LogP contribution in [0.2, 0.25) is 5.02 Å². The van der Waals surface area contributed by atoms with Crippen LogP contribution in [0.5, 0.6) is 5.75 Å². The molecule has 0 radical (unpaired) electrons. The molecule has 0 aliphatic carbocycles. The van der Waals surface area contributed by atoms with Crippen LogP contribution < -0.4 is 4.74 Å². The summed E-state index contributed by atoms with van der Waals surface area (Å²) in [5, 5.41) is 0.399. The Morgan fingerprint density at radius 2 is 1.85 bits per heavy atom. The molecular formula is C17H17ClO2. The molecule has 3 heteroatoms. The topological polar surface area (TPSA) is 26.3 Å². The first-order chi connectivity index (χ1) is 9.49. The van der Waals surface area contributed by atoms with E-state index >= 15 is 0 Å². The zero-order valence-electron chi connectivity index (χ0n) is 11.8. The van der Waals surface area contributed by atoms with Crippen molar-refractivity contribution in [3.63, 3.8) is 0 Å². The van der Waals surface area contributed by atoms with Gasteiger partial charge in [-0.05, 0) is 42.2 Å². The van der Waals surface area contributed by atoms with Crippen LogP contribution in [0.3, 0.4) is 0 Å². The number of carbonyl (C=O) groups is 1. The smallest absolute Gasteiger partial charge is 0.345 e. The normalized spacial score (nSPS) is 10.7. The second kappa shape index (κ2) is 6.10. The Bertz CT molecular complexity index is 633. The highest BCUT2D eigenvalue weighted by molar-refractivity contribution is 6.33. The largest absolute Gasteiger partial charge is 0.423 e. The quantitative estimate of drug-likeness (QED) is 0.587. The SMILES string of the molecule is Cc1ccc(C(C)C)c(OC(=O)c2ccccc2Cl)c1. The lowest BCUT2D eigenvalue weighted by Crippen LogP contribution is -2.11. The van der Waals surface area contributed by atoms with E-state index in [0.29, 0.717) is 16.3 Å². The second-order valence-corrected chi connectivity index (χ2v) is 5.47. The summed E-state index contributed by atoms with van der Waals surface area (Å²) in [5.74, 6) is 0.456. The number of hydrogen-bond acceptors (Lipinski definition) is 2. The van der Waals surface area contributed by atoms with E-state index in [0.717, 1.165) is 11.1 Å². The van der Waals surface area contributed by atoms with Gasteiger partial charge in [0.1, 0.15) is 5.75 Å². The molecule has 2 aromatic carbocycles. The van der Waals surface area contributed by atoms with Crippen molar-refractivity contribution in [1.29, 1.82) is 0 Å². The lowest BCUT2D eigenvalue weighted by Gasteiger charge is -2.14. The van der Waals surface area contributed by atoms with Gasteiger partial charge in [-0.1, -0.05) is 49.7 Å². The third kappa shape index (κ3) is 3.20. The van der Waals surface area contributed by atoms with Crippen LogP contribution in [0, 0.1) is 6.92 Å². The van der Waals surface area contributed by atoms with Crippen LogP contribution >= 0.6 is 11.6 Å². The Labute approximate surface area is 124 Å². The van der Waals surface area contributed by atoms with Gasteiger partial charge in [-0.2, -0.15) is 0 Å². The molecule has 0 spiro atoms. The van der Waals surface area contributed by atoms with Gasteiger partial charge in [0.05, 0.1) is 10.6 Å². The van der Waals surface area contributed by atoms with Gasteiger partial charge in [-0.15, -0.1) is 0 Å². The van der Waals surface area contributed by atoms with Crippen LogP contribution in [0.25, 0.3) is 0 Å². The van der Waals surface area contributed by atoms with Crippen LogP contribution in [0.4, 0.5) is 0 Å². The van der Waals surface area contributed by atoms with E-state index in [9.17, 15) is 4.79 Å². The fourth-order valence-electron chi connectivity index (χ4n) is 1.99. The molecule has 0 atom stereocenters. The molecule has 0 fully saturated rings. The molecule has 0 bridgehead atoms. The average Bonchev–Trinajstić information content (AvgIpc) is 2.38. The highest BCUT2D eigenvalue weighted by Crippen LogP contribution is 2.28. The molecule has 104 valence electrons. The van der Waals surface area contributed by atoms with Crippen molar-refractivity contribution in [1.82, 2.24) is 0 Å². The van der Waals surface area contributed by atoms with E-state index in [1.165, 1.54) is 0 Å². The monoisotopic (exact) mass is 288 g/mol. The van der Waals surface area contributed by atoms with Crippen LogP contribution in [0.1, 0.15) is 41.3 Å². The van der Waals surface area contributed by atoms with Crippen molar-refractivity contribution in [3.05, 3.63) is 64.2 Å². The summed E-state index contributed by atoms with van der Waals surface area (Å²) in [4.78, 5) is 12.2. The molecule has 0 aliphatic heterocycles. The van der Waals surface area contributed by atoms with Gasteiger partial charge in [0.15, 0.2) is 0 Å². The maximum absolute atomic E-state index is 12.2. The maximum atomic E-state index is 12.2. The average molecular weight is 289 g/mol. The van der Waals surface area contributed by atoms with E-state index in [2.05, 4.69) is 13.8 Å². The number of carbonyl (C=O) groups excluding carboxylic acids is 1. The van der Waals surface area contributed by atoms with Crippen molar-refractivity contribution in [2.24, 2.45) is 0 Å². The van der Waals surface area contributed by atoms with Gasteiger partial charge < -0.3 is 4.74 Å². The standard InChI is InChI=1S/C17H17ClO2/c1-11(2)13-9-8-12(3)10-16(13)20-17(19)14-6-4-5-7-15(14)18/h4-11H,1-3H3. The third-order valence-corrected chi connectivity index (χ3v) is 3.42. The maximum Gasteiger partial charge on any atom is 0.345 e. The summed E-state index contributed by atoms with van der Waals surface area (Å²) < 4.78 is 5.53. The van der Waals surface area contributed by atoms with Crippen LogP contribution in [-0.2, 0) is 0 Å². The first-order valence-corrected chi connectivity index (χ1v) is 6.94. The number of esters is 1. The van der Waals surface area contributed by atoms with Crippen LogP contribution in [0.15, 0.2) is 42.5 Å². The Morgan fingerprint density at radius 1 is 1.15 bits per heavy atom. The molecule has 2 rings (SSSR count). The van der Waals surface area contributed by atoms with E-state index in [1.54, 1.807) is 24.3 Å². The van der Waals surface area contributed by atoms with Gasteiger partial charge in [0.2, 0.25) is 0 Å². The molecule has 20 heavy (non-hydrogen) atoms. The van der Waals surface area contributed by atoms with Gasteiger partial charge in [-0.25, -0.2) is 4.79 Å². The highest BCUT2D eigenvalue weighted by Gasteiger charge is 2.15. The molecule has 2 nitrogen and oxygen atoms in total. The summed E-state index contributed by atoms with van der Waals surface area (Å²) in [7, 11) is 0. The molecule has 0 amide bonds. The first kappa shape index (κ1) is 14.6. The molecule has 0 saturated carbocycles. The molecule has 2 aromatic rings. The summed E-state index contributed by atoms with van der Waals surface area (Å²) >= 11 is 6.02. The molecule has 0 saturated heterocycles. The predicted octanol–water partition coefficient (Wildman–Crippen LogP) is 4.99. The van der Waals surface area contributed by atoms with Gasteiger partial charge in [0.25, 0.3) is 0 Å². The Hall–Kier alpha value is -1.80. The summed E-state index contributed by atoms with van der Waals surface area (Å²) in [6.07, 6.45) is 0. The summed E-state index contributed by atoms with van der Waals surface area (Å²) in [5.41, 5.74) is 2.44. The summed E-state index contributed by atoms with van der Waals surface area (Å²) in [6.45, 7) is 6.10. The molecule has 0 N–H and O–H groups in total. The van der Waals surface area contributed by atoms with Gasteiger partial charge in [-0.3, -0.25) is 0 Å². The van der Waals surface area contributed by atoms with Crippen molar-refractivity contribution in [2.75, 3.05) is 0 Å². The Balaban J connectivity index is 2.33. The van der Waals surface area contributed by atoms with Crippen molar-refractivity contribution in [3.8, 4) is 5.75 Å². The number of rotatable bonds is 3. The van der Waals surface area contributed by atoms with Crippen molar-refractivity contribution >= 4 is 17.6 Å². The van der Waals surface area contributed by atoms with Gasteiger partial charge >= 0.3 is 5.97 Å². The van der Waals surface area contributed by atoms with Crippen molar-refractivity contribution < 1.29 is 9.53 Å². The zero-order valence-corrected chi connectivity index (χ0v) is 12.6. The van der Waals surface area contributed by atoms with E-state index < -0.39 is 5.97 Å². The van der Waals surface area contributed by atoms with E-state index in [1.807, 2.05) is 25.1 Å². The lowest BCUT2D eigenvalue weighted by molar-refractivity contribution is 0.0733. The number of ether oxygens (including phenoxy) is 1. The van der Waals surface area contributed by atoms with E-state index in [-0.39, 0.29) is 5.92 Å². The first-order valence-electron chi connectivity index (χ1n) is 6.56. The molecule has 0 aromatic heterocycles. The Kier molecular flexibility index (Phi) is 4.46. The fourth-order valence-corrected chi connectivity index (χ4v) is 2.20. The van der Waals surface area contributed by atoms with Crippen molar-refractivity contribution in [2.45, 2.75) is 26.7 Å². The lowest BCUT2D eigenvalue weighted by atomic mass is 10.0. The molecule has 0 heterocycles. The zero-order chi connectivity index (χ0) is 14.7. The summed E-state index contributed by atoms with van der Waals surface area (Å²) in [6, 6.07) is 12.8. The molecular weight excluding hydrogens is 272 g/mol. The Morgan fingerprint density at radius 3 is 2.50 bits per heavy atom. The third-order valence-electron chi connectivity index (χ3n) is 3.09. The minimum atomic E-state index is -0.428.